The molecule has 0 radical (unpaired) electrons. The number of ketones is 1. The molecule has 0 N–H and O–H groups in total. The molecule has 0 saturated carbocycles. The molecule has 0 unspecified atom stereocenters. The quantitative estimate of drug-likeness (QED) is 0.200. The molecule has 1 rings (SSSR count). The molecule has 0 aliphatic heterocycles. The smallest absolute Gasteiger partial charge is 0.364 e. The van der Waals surface area contributed by atoms with E-state index < -0.39 is 23.4 Å². The number of nitrogens with zero attached hydrogens (tertiary/aromatic N) is 1. The molecule has 0 aliphatic rings. The van der Waals surface area contributed by atoms with Crippen LogP contribution in [0.3, 0.4) is 0 Å². The number of carbonyl (C=O) groups excluding carboxylic acids is 3. The van der Waals surface area contributed by atoms with E-state index in [2.05, 4.69) is 9.99 Å². The molecule has 0 spiro atoms. The molecule has 0 atom stereocenters. The van der Waals surface area contributed by atoms with Crippen LogP contribution >= 0.6 is 0 Å². The minimum absolute atomic E-state index is 0.0833. The van der Waals surface area contributed by atoms with Gasteiger partial charge in [-0.15, -0.1) is 0 Å². The van der Waals surface area contributed by atoms with E-state index in [4.69, 9.17) is 4.74 Å². The summed E-state index contributed by atoms with van der Waals surface area (Å²) in [6.07, 6.45) is 0. The first-order chi connectivity index (χ1) is 9.06. The Morgan fingerprint density at radius 1 is 1.16 bits per heavy atom. The molecule has 0 fully saturated rings. The fourth-order valence-corrected chi connectivity index (χ4v) is 1.21. The molecule has 0 saturated heterocycles. The summed E-state index contributed by atoms with van der Waals surface area (Å²) < 4.78 is 4.70. The average molecular weight is 263 g/mol. The van der Waals surface area contributed by atoms with E-state index >= 15 is 0 Å². The lowest BCUT2D eigenvalue weighted by atomic mass is 10.1. The van der Waals surface area contributed by atoms with Crippen molar-refractivity contribution in [1.82, 2.24) is 0 Å². The van der Waals surface area contributed by atoms with Gasteiger partial charge in [0.25, 0.3) is 0 Å². The minimum atomic E-state index is -0.933. The van der Waals surface area contributed by atoms with Crippen molar-refractivity contribution < 1.29 is 24.0 Å². The third-order valence-electron chi connectivity index (χ3n) is 1.99. The number of hydrogen-bond acceptors (Lipinski definition) is 6. The lowest BCUT2D eigenvalue weighted by Gasteiger charge is -2.04. The molecule has 1 aromatic carbocycles. The number of benzene rings is 1. The highest BCUT2D eigenvalue weighted by Crippen LogP contribution is 2.03. The van der Waals surface area contributed by atoms with Crippen molar-refractivity contribution >= 4 is 23.4 Å². The molecule has 6 nitrogen and oxygen atoms in total. The van der Waals surface area contributed by atoms with Crippen molar-refractivity contribution in [3.8, 4) is 0 Å². The predicted molar refractivity (Wildman–Crippen MR) is 66.6 cm³/mol. The van der Waals surface area contributed by atoms with Crippen LogP contribution in [0, 0.1) is 0 Å². The van der Waals surface area contributed by atoms with Crippen molar-refractivity contribution in [3.05, 3.63) is 35.9 Å². The Morgan fingerprint density at radius 3 is 2.32 bits per heavy atom. The fourth-order valence-electron chi connectivity index (χ4n) is 1.21. The third kappa shape index (κ3) is 4.34. The summed E-state index contributed by atoms with van der Waals surface area (Å²) in [5.74, 6) is -2.33. The number of Topliss-reactive ketones (excluding diaryl/α,β-unsaturated/α-hetero) is 1. The van der Waals surface area contributed by atoms with E-state index in [-0.39, 0.29) is 12.2 Å². The molecule has 0 aromatic heterocycles. The maximum Gasteiger partial charge on any atom is 0.364 e. The lowest BCUT2D eigenvalue weighted by Crippen LogP contribution is -2.27. The highest BCUT2D eigenvalue weighted by Gasteiger charge is 2.24. The van der Waals surface area contributed by atoms with Crippen LogP contribution in [-0.2, 0) is 19.2 Å². The van der Waals surface area contributed by atoms with E-state index in [1.54, 1.807) is 25.1 Å². The lowest BCUT2D eigenvalue weighted by molar-refractivity contribution is -0.141. The minimum Gasteiger partial charge on any atom is -0.461 e. The summed E-state index contributed by atoms with van der Waals surface area (Å²) >= 11 is 0. The van der Waals surface area contributed by atoms with E-state index in [0.717, 1.165) is 6.92 Å². The molecule has 1 aromatic rings. The summed E-state index contributed by atoms with van der Waals surface area (Å²) in [6.45, 7) is 2.79. The molecule has 0 aliphatic carbocycles. The van der Waals surface area contributed by atoms with Crippen LogP contribution in [0.15, 0.2) is 35.5 Å². The zero-order valence-electron chi connectivity index (χ0n) is 10.6. The van der Waals surface area contributed by atoms with E-state index in [0.29, 0.717) is 0 Å². The van der Waals surface area contributed by atoms with Gasteiger partial charge >= 0.3 is 11.9 Å². The van der Waals surface area contributed by atoms with Crippen LogP contribution in [0.5, 0.6) is 0 Å². The van der Waals surface area contributed by atoms with Gasteiger partial charge in [0.05, 0.1) is 6.61 Å². The van der Waals surface area contributed by atoms with E-state index in [9.17, 15) is 14.4 Å². The number of hydrogen-bond donors (Lipinski definition) is 0. The Labute approximate surface area is 110 Å². The van der Waals surface area contributed by atoms with Crippen LogP contribution in [-0.4, -0.2) is 30.0 Å². The molecule has 0 bridgehead atoms. The van der Waals surface area contributed by atoms with Gasteiger partial charge in [0.2, 0.25) is 11.5 Å². The number of rotatable bonds is 5. The Kier molecular flexibility index (Phi) is 5.40. The topological polar surface area (TPSA) is 82.0 Å². The first-order valence-electron chi connectivity index (χ1n) is 5.58. The number of esters is 1. The summed E-state index contributed by atoms with van der Waals surface area (Å²) in [5, 5.41) is 3.26. The zero-order chi connectivity index (χ0) is 14.3. The first kappa shape index (κ1) is 14.6. The molecular weight excluding hydrogens is 250 g/mol. The van der Waals surface area contributed by atoms with E-state index in [1.165, 1.54) is 12.1 Å². The monoisotopic (exact) mass is 263 g/mol. The SMILES string of the molecule is CCOC(=O)/C(=N/OC(C)=O)C(=O)c1ccccc1. The molecular formula is C13H13NO5. The normalized spacial score (nSPS) is 10.7. The molecule has 100 valence electrons. The number of ether oxygens (including phenoxy) is 1. The van der Waals surface area contributed by atoms with Gasteiger partial charge in [-0.25, -0.2) is 9.59 Å². The fraction of sp³-hybridized carbons (Fsp3) is 0.231. The largest absolute Gasteiger partial charge is 0.461 e. The van der Waals surface area contributed by atoms with Crippen molar-refractivity contribution in [2.75, 3.05) is 6.61 Å². The second-order valence-electron chi connectivity index (χ2n) is 3.44. The third-order valence-corrected chi connectivity index (χ3v) is 1.99. The van der Waals surface area contributed by atoms with Crippen LogP contribution in [0.25, 0.3) is 0 Å². The van der Waals surface area contributed by atoms with Crippen molar-refractivity contribution in [2.24, 2.45) is 5.16 Å². The molecule has 0 heterocycles. The summed E-state index contributed by atoms with van der Waals surface area (Å²) in [5.41, 5.74) is -0.315. The van der Waals surface area contributed by atoms with Gasteiger partial charge in [0, 0.05) is 12.5 Å². The average Bonchev–Trinajstić information content (AvgIpc) is 2.39. The Morgan fingerprint density at radius 2 is 1.79 bits per heavy atom. The number of carbonyl (C=O) groups is 3. The number of oxime groups is 1. The van der Waals surface area contributed by atoms with Gasteiger partial charge in [-0.1, -0.05) is 35.5 Å². The highest BCUT2D eigenvalue weighted by atomic mass is 16.7. The first-order valence-corrected chi connectivity index (χ1v) is 5.58. The summed E-state index contributed by atoms with van der Waals surface area (Å²) in [7, 11) is 0. The van der Waals surface area contributed by atoms with Crippen LogP contribution in [0.2, 0.25) is 0 Å². The van der Waals surface area contributed by atoms with Gasteiger partial charge in [-0.2, -0.15) is 0 Å². The van der Waals surface area contributed by atoms with Gasteiger partial charge in [0.1, 0.15) is 0 Å². The van der Waals surface area contributed by atoms with Crippen LogP contribution in [0.4, 0.5) is 0 Å². The summed E-state index contributed by atoms with van der Waals surface area (Å²) in [6, 6.07) is 8.05. The maximum atomic E-state index is 12.1. The van der Waals surface area contributed by atoms with Crippen molar-refractivity contribution in [2.45, 2.75) is 13.8 Å². The predicted octanol–water partition coefficient (Wildman–Crippen LogP) is 1.35. The zero-order valence-corrected chi connectivity index (χ0v) is 10.6. The van der Waals surface area contributed by atoms with Crippen molar-refractivity contribution in [1.29, 1.82) is 0 Å². The Balaban J connectivity index is 3.03. The summed E-state index contributed by atoms with van der Waals surface area (Å²) in [4.78, 5) is 38.7. The standard InChI is InChI=1S/C13H13NO5/c1-3-18-13(17)11(14-19-9(2)15)12(16)10-7-5-4-6-8-10/h4-8H,3H2,1-2H3/b14-11+. The van der Waals surface area contributed by atoms with Gasteiger partial charge in [0.15, 0.2) is 0 Å². The highest BCUT2D eigenvalue weighted by molar-refractivity contribution is 6.67. The van der Waals surface area contributed by atoms with E-state index in [1.807, 2.05) is 0 Å². The Hall–Kier alpha value is -2.50. The van der Waals surface area contributed by atoms with Gasteiger partial charge in [-0.3, -0.25) is 4.79 Å². The second-order valence-corrected chi connectivity index (χ2v) is 3.44. The van der Waals surface area contributed by atoms with Crippen LogP contribution < -0.4 is 0 Å². The second kappa shape index (κ2) is 7.05. The molecule has 0 amide bonds. The maximum absolute atomic E-state index is 12.1. The van der Waals surface area contributed by atoms with Gasteiger partial charge in [-0.05, 0) is 6.92 Å². The Bertz CT molecular complexity index is 507. The van der Waals surface area contributed by atoms with Crippen LogP contribution in [0.1, 0.15) is 24.2 Å². The van der Waals surface area contributed by atoms with Gasteiger partial charge < -0.3 is 9.57 Å². The molecule has 19 heavy (non-hydrogen) atoms. The molecule has 6 heteroatoms. The van der Waals surface area contributed by atoms with Crippen molar-refractivity contribution in [3.63, 3.8) is 0 Å².